The van der Waals surface area contributed by atoms with Crippen LogP contribution in [0.25, 0.3) is 0 Å². The molecule has 6 heteroatoms. The Hall–Kier alpha value is -0.170. The molecule has 0 aromatic rings. The lowest BCUT2D eigenvalue weighted by Crippen LogP contribution is -2.52. The Labute approximate surface area is 156 Å². The molecule has 1 unspecified atom stereocenters. The van der Waals surface area contributed by atoms with Crippen LogP contribution in [0, 0.1) is 5.41 Å². The van der Waals surface area contributed by atoms with Crippen molar-refractivity contribution in [1.82, 2.24) is 14.1 Å². The van der Waals surface area contributed by atoms with E-state index < -0.39 is 10.0 Å². The second-order valence-corrected chi connectivity index (χ2v) is 11.5. The second-order valence-electron chi connectivity index (χ2n) is 9.63. The van der Waals surface area contributed by atoms with Gasteiger partial charge < -0.3 is 4.90 Å². The minimum atomic E-state index is -3.21. The number of rotatable bonds is 8. The highest BCUT2D eigenvalue weighted by Crippen LogP contribution is 2.25. The van der Waals surface area contributed by atoms with Gasteiger partial charge in [-0.3, -0.25) is 4.90 Å². The fraction of sp³-hybridized carbons (Fsp3) is 1.00. The standard InChI is InChI=1S/C19H41N3O2S/c1-17(18(2,3)4)21(14-13-20-11-9-10-12-20)15-16-22(19(5,6)7)25(8,23)24/h17H,9-16H2,1-8H3. The van der Waals surface area contributed by atoms with Crippen LogP contribution < -0.4 is 0 Å². The van der Waals surface area contributed by atoms with E-state index in [0.29, 0.717) is 12.6 Å². The molecule has 1 atom stereocenters. The molecule has 1 aliphatic heterocycles. The van der Waals surface area contributed by atoms with Gasteiger partial charge in [-0.25, -0.2) is 8.42 Å². The lowest BCUT2D eigenvalue weighted by Gasteiger charge is -2.41. The van der Waals surface area contributed by atoms with Crippen molar-refractivity contribution >= 4 is 10.0 Å². The first-order valence-electron chi connectivity index (χ1n) is 9.67. The number of hydrogen-bond acceptors (Lipinski definition) is 4. The van der Waals surface area contributed by atoms with Gasteiger partial charge >= 0.3 is 0 Å². The maximum absolute atomic E-state index is 12.2. The molecule has 150 valence electrons. The van der Waals surface area contributed by atoms with Gasteiger partial charge in [0.2, 0.25) is 10.0 Å². The molecule has 0 saturated carbocycles. The van der Waals surface area contributed by atoms with E-state index in [4.69, 9.17) is 0 Å². The van der Waals surface area contributed by atoms with Crippen molar-refractivity contribution in [3.8, 4) is 0 Å². The summed E-state index contributed by atoms with van der Waals surface area (Å²) in [5, 5.41) is 0. The lowest BCUT2D eigenvalue weighted by molar-refractivity contribution is 0.0893. The van der Waals surface area contributed by atoms with Crippen LogP contribution in [0.4, 0.5) is 0 Å². The first-order valence-corrected chi connectivity index (χ1v) is 11.5. The smallest absolute Gasteiger partial charge is 0.211 e. The molecule has 0 amide bonds. The third-order valence-electron chi connectivity index (χ3n) is 5.44. The van der Waals surface area contributed by atoms with Gasteiger partial charge in [0.05, 0.1) is 6.26 Å². The third kappa shape index (κ3) is 7.53. The number of hydrogen-bond donors (Lipinski definition) is 0. The zero-order chi connectivity index (χ0) is 19.5. The summed E-state index contributed by atoms with van der Waals surface area (Å²) in [4.78, 5) is 5.00. The SMILES string of the molecule is CC(N(CCN1CCCC1)CCN(C(C)(C)C)S(C)(=O)=O)C(C)(C)C. The molecule has 1 rings (SSSR count). The van der Waals surface area contributed by atoms with Gasteiger partial charge in [0.25, 0.3) is 0 Å². The maximum Gasteiger partial charge on any atom is 0.211 e. The van der Waals surface area contributed by atoms with Crippen molar-refractivity contribution in [1.29, 1.82) is 0 Å². The van der Waals surface area contributed by atoms with Crippen LogP contribution in [0.2, 0.25) is 0 Å². The molecule has 0 N–H and O–H groups in total. The summed E-state index contributed by atoms with van der Waals surface area (Å²) in [6, 6.07) is 0.400. The van der Waals surface area contributed by atoms with Crippen LogP contribution in [-0.4, -0.2) is 79.6 Å². The topological polar surface area (TPSA) is 43.9 Å². The molecular formula is C19H41N3O2S. The summed E-state index contributed by atoms with van der Waals surface area (Å²) in [5.41, 5.74) is -0.220. The molecule has 0 aliphatic carbocycles. The number of sulfonamides is 1. The number of nitrogens with zero attached hydrogens (tertiary/aromatic N) is 3. The van der Waals surface area contributed by atoms with Crippen molar-refractivity contribution in [2.45, 2.75) is 72.9 Å². The zero-order valence-corrected chi connectivity index (χ0v) is 18.6. The van der Waals surface area contributed by atoms with Gasteiger partial charge in [0.15, 0.2) is 0 Å². The van der Waals surface area contributed by atoms with E-state index in [1.54, 1.807) is 4.31 Å². The normalized spacial score (nSPS) is 19.1. The zero-order valence-electron chi connectivity index (χ0n) is 17.8. The van der Waals surface area contributed by atoms with Crippen molar-refractivity contribution in [3.05, 3.63) is 0 Å². The van der Waals surface area contributed by atoms with Gasteiger partial charge in [-0.1, -0.05) is 20.8 Å². The van der Waals surface area contributed by atoms with Gasteiger partial charge in [-0.15, -0.1) is 0 Å². The molecule has 1 saturated heterocycles. The van der Waals surface area contributed by atoms with Gasteiger partial charge in [-0.05, 0) is 59.0 Å². The Balaban J connectivity index is 2.80. The second kappa shape index (κ2) is 8.68. The van der Waals surface area contributed by atoms with Crippen LogP contribution in [-0.2, 0) is 10.0 Å². The largest absolute Gasteiger partial charge is 0.302 e. The molecule has 0 spiro atoms. The van der Waals surface area contributed by atoms with E-state index in [0.717, 1.165) is 19.6 Å². The van der Waals surface area contributed by atoms with Crippen LogP contribution in [0.15, 0.2) is 0 Å². The van der Waals surface area contributed by atoms with Gasteiger partial charge in [-0.2, -0.15) is 4.31 Å². The Morgan fingerprint density at radius 3 is 1.88 bits per heavy atom. The summed E-state index contributed by atoms with van der Waals surface area (Å²) < 4.78 is 26.1. The highest BCUT2D eigenvalue weighted by molar-refractivity contribution is 7.88. The Morgan fingerprint density at radius 2 is 1.48 bits per heavy atom. The molecular weight excluding hydrogens is 334 g/mol. The summed E-state index contributed by atoms with van der Waals surface area (Å²) in [6.07, 6.45) is 3.93. The van der Waals surface area contributed by atoms with E-state index in [-0.39, 0.29) is 11.0 Å². The summed E-state index contributed by atoms with van der Waals surface area (Å²) in [6.45, 7) is 20.8. The first kappa shape index (κ1) is 22.9. The average molecular weight is 376 g/mol. The first-order chi connectivity index (χ1) is 11.2. The highest BCUT2D eigenvalue weighted by atomic mass is 32.2. The highest BCUT2D eigenvalue weighted by Gasteiger charge is 2.32. The van der Waals surface area contributed by atoms with E-state index in [9.17, 15) is 8.42 Å². The lowest BCUT2D eigenvalue weighted by atomic mass is 9.87. The molecule has 1 heterocycles. The predicted molar refractivity (Wildman–Crippen MR) is 107 cm³/mol. The molecule has 0 radical (unpaired) electrons. The number of likely N-dealkylation sites (tertiary alicyclic amines) is 1. The average Bonchev–Trinajstić information content (AvgIpc) is 2.90. The van der Waals surface area contributed by atoms with E-state index in [2.05, 4.69) is 37.5 Å². The Bertz CT molecular complexity index is 500. The van der Waals surface area contributed by atoms with Crippen molar-refractivity contribution in [3.63, 3.8) is 0 Å². The molecule has 0 bridgehead atoms. The fourth-order valence-electron chi connectivity index (χ4n) is 3.54. The molecule has 25 heavy (non-hydrogen) atoms. The predicted octanol–water partition coefficient (Wildman–Crippen LogP) is 2.88. The quantitative estimate of drug-likeness (QED) is 0.654. The molecule has 0 aromatic heterocycles. The van der Waals surface area contributed by atoms with Gasteiger partial charge in [0, 0.05) is 37.8 Å². The van der Waals surface area contributed by atoms with E-state index in [1.807, 2.05) is 20.8 Å². The summed E-state index contributed by atoms with van der Waals surface area (Å²) in [7, 11) is -3.21. The summed E-state index contributed by atoms with van der Waals surface area (Å²) in [5.74, 6) is 0. The van der Waals surface area contributed by atoms with Crippen molar-refractivity contribution < 1.29 is 8.42 Å². The van der Waals surface area contributed by atoms with Crippen LogP contribution >= 0.6 is 0 Å². The van der Waals surface area contributed by atoms with Crippen LogP contribution in [0.3, 0.4) is 0 Å². The van der Waals surface area contributed by atoms with Crippen LogP contribution in [0.1, 0.15) is 61.3 Å². The van der Waals surface area contributed by atoms with E-state index in [1.165, 1.54) is 32.2 Å². The summed E-state index contributed by atoms with van der Waals surface area (Å²) >= 11 is 0. The van der Waals surface area contributed by atoms with Gasteiger partial charge in [0.1, 0.15) is 0 Å². The monoisotopic (exact) mass is 375 g/mol. The van der Waals surface area contributed by atoms with Crippen molar-refractivity contribution in [2.75, 3.05) is 45.5 Å². The fourth-order valence-corrected chi connectivity index (χ4v) is 4.95. The maximum atomic E-state index is 12.2. The Morgan fingerprint density at radius 1 is 0.960 bits per heavy atom. The molecule has 5 nitrogen and oxygen atoms in total. The Kier molecular flexibility index (Phi) is 7.94. The third-order valence-corrected chi connectivity index (χ3v) is 6.97. The van der Waals surface area contributed by atoms with E-state index >= 15 is 0 Å². The molecule has 0 aromatic carbocycles. The van der Waals surface area contributed by atoms with Crippen LogP contribution in [0.5, 0.6) is 0 Å². The minimum absolute atomic E-state index is 0.169. The van der Waals surface area contributed by atoms with Crippen molar-refractivity contribution in [2.24, 2.45) is 5.41 Å². The molecule has 1 aliphatic rings. The molecule has 1 fully saturated rings. The minimum Gasteiger partial charge on any atom is -0.302 e.